The van der Waals surface area contributed by atoms with Crippen molar-refractivity contribution in [2.24, 2.45) is 7.05 Å². The minimum absolute atomic E-state index is 0.141. The van der Waals surface area contributed by atoms with Gasteiger partial charge in [0.2, 0.25) is 5.91 Å². The topological polar surface area (TPSA) is 46.9 Å². The number of carbonyl (C=O) groups is 1. The summed E-state index contributed by atoms with van der Waals surface area (Å²) in [5, 5.41) is 7.81. The number of aryl methyl sites for hydroxylation is 2. The summed E-state index contributed by atoms with van der Waals surface area (Å²) >= 11 is 5.90. The third-order valence-corrected chi connectivity index (χ3v) is 3.56. The van der Waals surface area contributed by atoms with Gasteiger partial charge in [0.1, 0.15) is 0 Å². The second-order valence-corrected chi connectivity index (χ2v) is 5.33. The first-order valence-electron chi connectivity index (χ1n) is 6.68. The predicted molar refractivity (Wildman–Crippen MR) is 85.0 cm³/mol. The molecule has 2 rings (SSSR count). The average molecular weight is 304 g/mol. The molecule has 0 atom stereocenters. The molecule has 0 unspecified atom stereocenters. The monoisotopic (exact) mass is 303 g/mol. The van der Waals surface area contributed by atoms with Crippen molar-refractivity contribution in [3.63, 3.8) is 0 Å². The Hall–Kier alpha value is -2.07. The van der Waals surface area contributed by atoms with Crippen molar-refractivity contribution in [2.45, 2.75) is 20.4 Å². The van der Waals surface area contributed by atoms with Crippen molar-refractivity contribution in [1.82, 2.24) is 15.1 Å². The number of nitrogens with zero attached hydrogens (tertiary/aromatic N) is 2. The van der Waals surface area contributed by atoms with Crippen LogP contribution in [0.1, 0.15) is 22.5 Å². The van der Waals surface area contributed by atoms with Crippen LogP contribution < -0.4 is 5.32 Å². The highest BCUT2D eigenvalue weighted by atomic mass is 35.5. The molecule has 0 bridgehead atoms. The van der Waals surface area contributed by atoms with Gasteiger partial charge in [0.15, 0.2) is 0 Å². The smallest absolute Gasteiger partial charge is 0.244 e. The van der Waals surface area contributed by atoms with E-state index in [1.165, 1.54) is 6.08 Å². The molecule has 0 saturated carbocycles. The van der Waals surface area contributed by atoms with Gasteiger partial charge < -0.3 is 5.32 Å². The van der Waals surface area contributed by atoms with Gasteiger partial charge in [0, 0.05) is 35.9 Å². The Kier molecular flexibility index (Phi) is 4.81. The van der Waals surface area contributed by atoms with Crippen molar-refractivity contribution in [2.75, 3.05) is 0 Å². The average Bonchev–Trinajstić information content (AvgIpc) is 2.68. The molecule has 5 heteroatoms. The lowest BCUT2D eigenvalue weighted by Gasteiger charge is -2.03. The van der Waals surface area contributed by atoms with Crippen molar-refractivity contribution in [1.29, 1.82) is 0 Å². The Balaban J connectivity index is 1.97. The number of benzene rings is 1. The normalized spacial score (nSPS) is 11.0. The quantitative estimate of drug-likeness (QED) is 0.883. The zero-order valence-electron chi connectivity index (χ0n) is 12.4. The molecule has 0 fully saturated rings. The summed E-state index contributed by atoms with van der Waals surface area (Å²) in [7, 11) is 1.89. The van der Waals surface area contributed by atoms with Crippen LogP contribution in [0, 0.1) is 13.8 Å². The summed E-state index contributed by atoms with van der Waals surface area (Å²) < 4.78 is 1.80. The minimum Gasteiger partial charge on any atom is -0.348 e. The van der Waals surface area contributed by atoms with Crippen LogP contribution in [-0.2, 0) is 18.4 Å². The second kappa shape index (κ2) is 6.59. The number of halogens is 1. The Bertz CT molecular complexity index is 689. The SMILES string of the molecule is Cc1nn(C)c(C)c1/C=C/C(=O)NCc1cccc(Cl)c1. The molecule has 0 aliphatic heterocycles. The van der Waals surface area contributed by atoms with Gasteiger partial charge in [-0.1, -0.05) is 23.7 Å². The molecular weight excluding hydrogens is 286 g/mol. The molecule has 0 aliphatic carbocycles. The van der Waals surface area contributed by atoms with Gasteiger partial charge in [-0.2, -0.15) is 5.10 Å². The molecule has 2 aromatic rings. The van der Waals surface area contributed by atoms with E-state index in [0.717, 1.165) is 22.5 Å². The molecule has 1 heterocycles. The molecule has 0 aliphatic rings. The minimum atomic E-state index is -0.141. The van der Waals surface area contributed by atoms with E-state index in [0.29, 0.717) is 11.6 Å². The fourth-order valence-corrected chi connectivity index (χ4v) is 2.30. The van der Waals surface area contributed by atoms with Gasteiger partial charge in [0.25, 0.3) is 0 Å². The van der Waals surface area contributed by atoms with Crippen LogP contribution in [0.5, 0.6) is 0 Å². The number of amides is 1. The third-order valence-electron chi connectivity index (χ3n) is 3.32. The van der Waals surface area contributed by atoms with Crippen LogP contribution >= 0.6 is 11.6 Å². The Labute approximate surface area is 129 Å². The maximum absolute atomic E-state index is 11.8. The molecule has 1 amide bonds. The van der Waals surface area contributed by atoms with Crippen molar-refractivity contribution < 1.29 is 4.79 Å². The summed E-state index contributed by atoms with van der Waals surface area (Å²) in [6, 6.07) is 7.43. The van der Waals surface area contributed by atoms with Crippen LogP contribution in [0.25, 0.3) is 6.08 Å². The molecule has 0 saturated heterocycles. The van der Waals surface area contributed by atoms with Gasteiger partial charge in [-0.3, -0.25) is 9.48 Å². The van der Waals surface area contributed by atoms with Gasteiger partial charge in [-0.05, 0) is 37.6 Å². The largest absolute Gasteiger partial charge is 0.348 e. The summed E-state index contributed by atoms with van der Waals surface area (Å²) in [6.07, 6.45) is 3.33. The highest BCUT2D eigenvalue weighted by Gasteiger charge is 2.06. The maximum atomic E-state index is 11.8. The Morgan fingerprint density at radius 3 is 2.81 bits per heavy atom. The van der Waals surface area contributed by atoms with Crippen molar-refractivity contribution in [3.05, 3.63) is 57.9 Å². The lowest BCUT2D eigenvalue weighted by molar-refractivity contribution is -0.116. The number of hydrogen-bond donors (Lipinski definition) is 1. The molecular formula is C16H18ClN3O. The predicted octanol–water partition coefficient (Wildman–Crippen LogP) is 3.02. The summed E-state index contributed by atoms with van der Waals surface area (Å²) in [5.74, 6) is -0.141. The zero-order valence-corrected chi connectivity index (χ0v) is 13.1. The molecule has 4 nitrogen and oxygen atoms in total. The fourth-order valence-electron chi connectivity index (χ4n) is 2.09. The van der Waals surface area contributed by atoms with Crippen LogP contribution in [0.2, 0.25) is 5.02 Å². The number of aromatic nitrogens is 2. The number of carbonyl (C=O) groups excluding carboxylic acids is 1. The highest BCUT2D eigenvalue weighted by Crippen LogP contribution is 2.13. The molecule has 1 N–H and O–H groups in total. The second-order valence-electron chi connectivity index (χ2n) is 4.89. The van der Waals surface area contributed by atoms with Crippen LogP contribution in [0.3, 0.4) is 0 Å². The fraction of sp³-hybridized carbons (Fsp3) is 0.250. The van der Waals surface area contributed by atoms with Gasteiger partial charge in [-0.25, -0.2) is 0 Å². The van der Waals surface area contributed by atoms with Crippen molar-refractivity contribution in [3.8, 4) is 0 Å². The zero-order chi connectivity index (χ0) is 15.4. The standard InChI is InChI=1S/C16H18ClN3O/c1-11-15(12(2)20(3)19-11)7-8-16(21)18-10-13-5-4-6-14(17)9-13/h4-9H,10H2,1-3H3,(H,18,21)/b8-7+. The van der Waals surface area contributed by atoms with Crippen LogP contribution in [0.4, 0.5) is 0 Å². The first kappa shape index (κ1) is 15.3. The molecule has 0 spiro atoms. The van der Waals surface area contributed by atoms with E-state index in [2.05, 4.69) is 10.4 Å². The van der Waals surface area contributed by atoms with E-state index in [1.54, 1.807) is 16.8 Å². The van der Waals surface area contributed by atoms with E-state index in [1.807, 2.05) is 39.1 Å². The molecule has 1 aromatic heterocycles. The number of hydrogen-bond acceptors (Lipinski definition) is 2. The summed E-state index contributed by atoms with van der Waals surface area (Å²) in [5.41, 5.74) is 3.90. The van der Waals surface area contributed by atoms with E-state index in [9.17, 15) is 4.79 Å². The maximum Gasteiger partial charge on any atom is 0.244 e. The first-order chi connectivity index (χ1) is 9.97. The third kappa shape index (κ3) is 3.95. The molecule has 21 heavy (non-hydrogen) atoms. The van der Waals surface area contributed by atoms with Gasteiger partial charge in [-0.15, -0.1) is 0 Å². The van der Waals surface area contributed by atoms with Crippen LogP contribution in [0.15, 0.2) is 30.3 Å². The summed E-state index contributed by atoms with van der Waals surface area (Å²) in [6.45, 7) is 4.36. The van der Waals surface area contributed by atoms with E-state index < -0.39 is 0 Å². The van der Waals surface area contributed by atoms with E-state index in [4.69, 9.17) is 11.6 Å². The van der Waals surface area contributed by atoms with E-state index >= 15 is 0 Å². The number of rotatable bonds is 4. The van der Waals surface area contributed by atoms with Crippen LogP contribution in [-0.4, -0.2) is 15.7 Å². The van der Waals surface area contributed by atoms with E-state index in [-0.39, 0.29) is 5.91 Å². The van der Waals surface area contributed by atoms with Gasteiger partial charge >= 0.3 is 0 Å². The van der Waals surface area contributed by atoms with Gasteiger partial charge in [0.05, 0.1) is 5.69 Å². The molecule has 0 radical (unpaired) electrons. The Morgan fingerprint density at radius 1 is 1.43 bits per heavy atom. The Morgan fingerprint density at radius 2 is 2.19 bits per heavy atom. The van der Waals surface area contributed by atoms with Crippen molar-refractivity contribution >= 4 is 23.6 Å². The first-order valence-corrected chi connectivity index (χ1v) is 7.05. The summed E-state index contributed by atoms with van der Waals surface area (Å²) in [4.78, 5) is 11.8. The molecule has 1 aromatic carbocycles. The molecule has 110 valence electrons. The number of nitrogens with one attached hydrogen (secondary N) is 1. The lowest BCUT2D eigenvalue weighted by Crippen LogP contribution is -2.20. The highest BCUT2D eigenvalue weighted by molar-refractivity contribution is 6.30. The lowest BCUT2D eigenvalue weighted by atomic mass is 10.2.